The molecule has 0 aliphatic carbocycles. The molecular weight excluding hydrogens is 210 g/mol. The summed E-state index contributed by atoms with van der Waals surface area (Å²) in [6.07, 6.45) is 4.19. The van der Waals surface area contributed by atoms with E-state index in [2.05, 4.69) is 49.5 Å². The molecule has 96 valence electrons. The van der Waals surface area contributed by atoms with E-state index in [1.165, 1.54) is 5.56 Å². The van der Waals surface area contributed by atoms with Crippen molar-refractivity contribution < 1.29 is 5.11 Å². The van der Waals surface area contributed by atoms with Crippen LogP contribution in [0.1, 0.15) is 38.7 Å². The number of aryl methyl sites for hydroxylation is 1. The first-order chi connectivity index (χ1) is 8.26. The Balaban J connectivity index is 2.27. The lowest BCUT2D eigenvalue weighted by molar-refractivity contribution is 0.255. The number of rotatable bonds is 8. The van der Waals surface area contributed by atoms with Gasteiger partial charge in [-0.2, -0.15) is 0 Å². The summed E-state index contributed by atoms with van der Waals surface area (Å²) in [5.74, 6) is 0. The van der Waals surface area contributed by atoms with Gasteiger partial charge in [0.2, 0.25) is 0 Å². The van der Waals surface area contributed by atoms with Crippen LogP contribution in [0.25, 0.3) is 0 Å². The second kappa shape index (κ2) is 8.26. The lowest BCUT2D eigenvalue weighted by Gasteiger charge is -2.21. The fourth-order valence-electron chi connectivity index (χ4n) is 2.07. The number of nitrogens with one attached hydrogen (secondary N) is 1. The number of hydrogen-bond acceptors (Lipinski definition) is 2. The first kappa shape index (κ1) is 14.2. The van der Waals surface area contributed by atoms with Crippen molar-refractivity contribution in [1.82, 2.24) is 5.32 Å². The van der Waals surface area contributed by atoms with E-state index in [-0.39, 0.29) is 6.61 Å². The van der Waals surface area contributed by atoms with E-state index in [0.29, 0.717) is 12.1 Å². The highest BCUT2D eigenvalue weighted by Gasteiger charge is 2.09. The SMILES string of the molecule is CCC(CCO)NC(C)CCc1ccccc1. The van der Waals surface area contributed by atoms with Gasteiger partial charge >= 0.3 is 0 Å². The molecule has 2 unspecified atom stereocenters. The molecule has 0 aliphatic rings. The Morgan fingerprint density at radius 3 is 2.47 bits per heavy atom. The monoisotopic (exact) mass is 235 g/mol. The van der Waals surface area contributed by atoms with Crippen LogP contribution in [0.3, 0.4) is 0 Å². The van der Waals surface area contributed by atoms with Crippen molar-refractivity contribution in [3.8, 4) is 0 Å². The molecule has 0 fully saturated rings. The molecule has 0 saturated heterocycles. The quantitative estimate of drug-likeness (QED) is 0.726. The first-order valence-corrected chi connectivity index (χ1v) is 6.67. The topological polar surface area (TPSA) is 32.3 Å². The second-order valence-electron chi connectivity index (χ2n) is 4.71. The number of aliphatic hydroxyl groups is 1. The number of hydrogen-bond donors (Lipinski definition) is 2. The third kappa shape index (κ3) is 5.85. The Hall–Kier alpha value is -0.860. The van der Waals surface area contributed by atoms with Crippen LogP contribution in [0, 0.1) is 0 Å². The Kier molecular flexibility index (Phi) is 6.90. The molecule has 1 rings (SSSR count). The predicted molar refractivity (Wildman–Crippen MR) is 73.1 cm³/mol. The summed E-state index contributed by atoms with van der Waals surface area (Å²) in [5, 5.41) is 12.5. The molecule has 0 saturated carbocycles. The lowest BCUT2D eigenvalue weighted by Crippen LogP contribution is -2.37. The molecule has 0 amide bonds. The maximum Gasteiger partial charge on any atom is 0.0445 e. The van der Waals surface area contributed by atoms with E-state index >= 15 is 0 Å². The Morgan fingerprint density at radius 2 is 1.88 bits per heavy atom. The van der Waals surface area contributed by atoms with Gasteiger partial charge in [-0.1, -0.05) is 37.3 Å². The van der Waals surface area contributed by atoms with Crippen molar-refractivity contribution >= 4 is 0 Å². The largest absolute Gasteiger partial charge is 0.396 e. The van der Waals surface area contributed by atoms with Crippen LogP contribution >= 0.6 is 0 Å². The fourth-order valence-corrected chi connectivity index (χ4v) is 2.07. The minimum absolute atomic E-state index is 0.275. The van der Waals surface area contributed by atoms with Crippen molar-refractivity contribution in [1.29, 1.82) is 0 Å². The molecule has 1 aromatic carbocycles. The summed E-state index contributed by atoms with van der Waals surface area (Å²) in [7, 11) is 0. The molecule has 0 aliphatic heterocycles. The van der Waals surface area contributed by atoms with Crippen molar-refractivity contribution in [3.05, 3.63) is 35.9 Å². The van der Waals surface area contributed by atoms with Crippen molar-refractivity contribution in [2.24, 2.45) is 0 Å². The van der Waals surface area contributed by atoms with E-state index in [1.807, 2.05) is 0 Å². The standard InChI is InChI=1S/C15H25NO/c1-3-15(11-12-17)16-13(2)9-10-14-7-5-4-6-8-14/h4-8,13,15-17H,3,9-12H2,1-2H3. The van der Waals surface area contributed by atoms with Gasteiger partial charge in [0.25, 0.3) is 0 Å². The van der Waals surface area contributed by atoms with Gasteiger partial charge in [0.1, 0.15) is 0 Å². The van der Waals surface area contributed by atoms with Crippen LogP contribution in [-0.2, 0) is 6.42 Å². The van der Waals surface area contributed by atoms with Crippen molar-refractivity contribution in [2.75, 3.05) is 6.61 Å². The summed E-state index contributed by atoms with van der Waals surface area (Å²) in [5.41, 5.74) is 1.40. The lowest BCUT2D eigenvalue weighted by atomic mass is 10.0. The van der Waals surface area contributed by atoms with Crippen LogP contribution < -0.4 is 5.32 Å². The molecule has 0 spiro atoms. The van der Waals surface area contributed by atoms with Gasteiger partial charge in [-0.25, -0.2) is 0 Å². The molecule has 0 radical (unpaired) electrons. The molecule has 0 aromatic heterocycles. The summed E-state index contributed by atoms with van der Waals surface area (Å²) in [6.45, 7) is 4.66. The summed E-state index contributed by atoms with van der Waals surface area (Å²) >= 11 is 0. The van der Waals surface area contributed by atoms with Gasteiger partial charge in [0.15, 0.2) is 0 Å². The van der Waals surface area contributed by atoms with Crippen LogP contribution in [0.15, 0.2) is 30.3 Å². The predicted octanol–water partition coefficient (Wildman–Crippen LogP) is 2.76. The van der Waals surface area contributed by atoms with Gasteiger partial charge in [-0.05, 0) is 38.2 Å². The molecule has 1 aromatic rings. The molecule has 2 nitrogen and oxygen atoms in total. The van der Waals surface area contributed by atoms with Gasteiger partial charge in [-0.3, -0.25) is 0 Å². The Bertz CT molecular complexity index is 286. The van der Waals surface area contributed by atoms with Gasteiger partial charge in [0, 0.05) is 18.7 Å². The third-order valence-electron chi connectivity index (χ3n) is 3.20. The van der Waals surface area contributed by atoms with Crippen LogP contribution in [0.2, 0.25) is 0 Å². The van der Waals surface area contributed by atoms with Gasteiger partial charge in [0.05, 0.1) is 0 Å². The fraction of sp³-hybridized carbons (Fsp3) is 0.600. The Morgan fingerprint density at radius 1 is 1.18 bits per heavy atom. The minimum Gasteiger partial charge on any atom is -0.396 e. The third-order valence-corrected chi connectivity index (χ3v) is 3.20. The highest BCUT2D eigenvalue weighted by molar-refractivity contribution is 5.14. The molecule has 2 N–H and O–H groups in total. The minimum atomic E-state index is 0.275. The zero-order valence-corrected chi connectivity index (χ0v) is 11.0. The first-order valence-electron chi connectivity index (χ1n) is 6.67. The van der Waals surface area contributed by atoms with Gasteiger partial charge in [-0.15, -0.1) is 0 Å². The van der Waals surface area contributed by atoms with E-state index < -0.39 is 0 Å². The van der Waals surface area contributed by atoms with Crippen molar-refractivity contribution in [3.63, 3.8) is 0 Å². The molecule has 0 bridgehead atoms. The molecule has 2 heteroatoms. The van der Waals surface area contributed by atoms with E-state index in [1.54, 1.807) is 0 Å². The zero-order chi connectivity index (χ0) is 12.5. The second-order valence-corrected chi connectivity index (χ2v) is 4.71. The molecule has 0 heterocycles. The average Bonchev–Trinajstić information content (AvgIpc) is 2.37. The number of benzene rings is 1. The molecule has 17 heavy (non-hydrogen) atoms. The van der Waals surface area contributed by atoms with E-state index in [0.717, 1.165) is 25.7 Å². The number of aliphatic hydroxyl groups excluding tert-OH is 1. The Labute approximate surface area is 105 Å². The zero-order valence-electron chi connectivity index (χ0n) is 11.0. The van der Waals surface area contributed by atoms with Crippen LogP contribution in [0.4, 0.5) is 0 Å². The maximum atomic E-state index is 8.95. The van der Waals surface area contributed by atoms with Gasteiger partial charge < -0.3 is 10.4 Å². The van der Waals surface area contributed by atoms with E-state index in [4.69, 9.17) is 5.11 Å². The average molecular weight is 235 g/mol. The normalized spacial score (nSPS) is 14.5. The summed E-state index contributed by atoms with van der Waals surface area (Å²) in [6, 6.07) is 11.6. The van der Waals surface area contributed by atoms with Crippen molar-refractivity contribution in [2.45, 2.75) is 51.6 Å². The molecular formula is C15H25NO. The highest BCUT2D eigenvalue weighted by atomic mass is 16.3. The highest BCUT2D eigenvalue weighted by Crippen LogP contribution is 2.07. The summed E-state index contributed by atoms with van der Waals surface area (Å²) < 4.78 is 0. The van der Waals surface area contributed by atoms with Crippen LogP contribution in [-0.4, -0.2) is 23.8 Å². The maximum absolute atomic E-state index is 8.95. The smallest absolute Gasteiger partial charge is 0.0445 e. The van der Waals surface area contributed by atoms with E-state index in [9.17, 15) is 0 Å². The van der Waals surface area contributed by atoms with Crippen LogP contribution in [0.5, 0.6) is 0 Å². The molecule has 2 atom stereocenters. The summed E-state index contributed by atoms with van der Waals surface area (Å²) in [4.78, 5) is 0.